The summed E-state index contributed by atoms with van der Waals surface area (Å²) in [7, 11) is 6.21. The van der Waals surface area contributed by atoms with Crippen LogP contribution in [-0.4, -0.2) is 61.0 Å². The van der Waals surface area contributed by atoms with Gasteiger partial charge in [0.15, 0.2) is 0 Å². The predicted octanol–water partition coefficient (Wildman–Crippen LogP) is 4.77. The molecule has 1 heterocycles. The molecule has 1 aliphatic rings. The molecule has 198 valence electrons. The van der Waals surface area contributed by atoms with Gasteiger partial charge in [-0.3, -0.25) is 9.59 Å². The number of nitrogens with zero attached hydrogens (tertiary/aromatic N) is 2. The summed E-state index contributed by atoms with van der Waals surface area (Å²) >= 11 is 0. The van der Waals surface area contributed by atoms with Crippen LogP contribution in [0, 0.1) is 5.82 Å². The third-order valence-electron chi connectivity index (χ3n) is 6.45. The normalized spacial score (nSPS) is 14.0. The average molecular weight is 517 g/mol. The number of carbonyl (C=O) groups is 2. The van der Waals surface area contributed by atoms with Crippen LogP contribution in [0.5, 0.6) is 0 Å². The van der Waals surface area contributed by atoms with E-state index in [2.05, 4.69) is 53.7 Å². The van der Waals surface area contributed by atoms with Gasteiger partial charge in [0.25, 0.3) is 5.91 Å². The average Bonchev–Trinajstić information content (AvgIpc) is 3.20. The Morgan fingerprint density at radius 2 is 1.63 bits per heavy atom. The van der Waals surface area contributed by atoms with Crippen LogP contribution in [0.3, 0.4) is 0 Å². The molecule has 8 heteroatoms. The molecule has 0 radical (unpaired) electrons. The van der Waals surface area contributed by atoms with Gasteiger partial charge in [-0.05, 0) is 74.6 Å². The molecule has 0 saturated carbocycles. The highest BCUT2D eigenvalue weighted by Crippen LogP contribution is 2.38. The molecule has 0 aromatic heterocycles. The van der Waals surface area contributed by atoms with Crippen molar-refractivity contribution >= 4 is 34.5 Å². The van der Waals surface area contributed by atoms with Crippen LogP contribution in [0.25, 0.3) is 11.3 Å². The highest BCUT2D eigenvalue weighted by Gasteiger charge is 2.29. The zero-order valence-corrected chi connectivity index (χ0v) is 21.9. The molecule has 0 aliphatic carbocycles. The summed E-state index contributed by atoms with van der Waals surface area (Å²) in [5.41, 5.74) is 5.70. The Labute approximate surface area is 222 Å². The number of amides is 1. The lowest BCUT2D eigenvalue weighted by atomic mass is 9.98. The third kappa shape index (κ3) is 6.85. The lowest BCUT2D eigenvalue weighted by Crippen LogP contribution is -2.28. The predicted molar refractivity (Wildman–Crippen MR) is 149 cm³/mol. The van der Waals surface area contributed by atoms with E-state index < -0.39 is 11.8 Å². The summed E-state index contributed by atoms with van der Waals surface area (Å²) < 4.78 is 13.8. The number of benzene rings is 3. The van der Waals surface area contributed by atoms with Gasteiger partial charge in [-0.2, -0.15) is 0 Å². The van der Waals surface area contributed by atoms with Gasteiger partial charge in [0.2, 0.25) is 0 Å². The van der Waals surface area contributed by atoms with Gasteiger partial charge >= 0.3 is 5.97 Å². The van der Waals surface area contributed by atoms with E-state index in [1.165, 1.54) is 17.7 Å². The zero-order chi connectivity index (χ0) is 27.2. The Morgan fingerprint density at radius 3 is 2.29 bits per heavy atom. The first-order valence-electron chi connectivity index (χ1n) is 12.6. The van der Waals surface area contributed by atoms with Crippen molar-refractivity contribution in [1.29, 1.82) is 0 Å². The number of aliphatic carboxylic acids is 1. The first kappa shape index (κ1) is 27.0. The van der Waals surface area contributed by atoms with Crippen molar-refractivity contribution in [2.75, 3.05) is 44.9 Å². The van der Waals surface area contributed by atoms with Crippen molar-refractivity contribution in [2.24, 2.45) is 0 Å². The summed E-state index contributed by atoms with van der Waals surface area (Å²) in [5.74, 6) is -1.59. The second kappa shape index (κ2) is 12.0. The van der Waals surface area contributed by atoms with E-state index in [-0.39, 0.29) is 12.3 Å². The monoisotopic (exact) mass is 516 g/mol. The molecular weight excluding hydrogens is 483 g/mol. The SMILES string of the molecule is CN(C)CCN(C)Cc1ccc(N/C(=C2\C(=O)Nc3cc(F)ccc32)c2ccc(CCC(=O)O)cc2)cc1. The van der Waals surface area contributed by atoms with E-state index in [1.54, 1.807) is 6.07 Å². The van der Waals surface area contributed by atoms with Gasteiger partial charge in [0.1, 0.15) is 5.82 Å². The molecule has 0 atom stereocenters. The number of fused-ring (bicyclic) bond motifs is 1. The van der Waals surface area contributed by atoms with Crippen molar-refractivity contribution in [3.05, 3.63) is 94.8 Å². The molecule has 0 spiro atoms. The maximum Gasteiger partial charge on any atom is 0.303 e. The maximum absolute atomic E-state index is 13.8. The first-order chi connectivity index (χ1) is 18.2. The molecule has 1 amide bonds. The Hall–Kier alpha value is -4.01. The van der Waals surface area contributed by atoms with E-state index in [4.69, 9.17) is 5.11 Å². The molecule has 0 bridgehead atoms. The van der Waals surface area contributed by atoms with Crippen LogP contribution < -0.4 is 10.6 Å². The van der Waals surface area contributed by atoms with Crippen LogP contribution >= 0.6 is 0 Å². The maximum atomic E-state index is 13.8. The fourth-order valence-electron chi connectivity index (χ4n) is 4.36. The molecule has 1 aliphatic heterocycles. The Kier molecular flexibility index (Phi) is 8.55. The van der Waals surface area contributed by atoms with E-state index in [0.717, 1.165) is 36.4 Å². The van der Waals surface area contributed by atoms with Crippen molar-refractivity contribution in [3.8, 4) is 0 Å². The lowest BCUT2D eigenvalue weighted by Gasteiger charge is -2.20. The molecule has 0 saturated heterocycles. The molecule has 3 N–H and O–H groups in total. The van der Waals surface area contributed by atoms with Gasteiger partial charge in [-0.25, -0.2) is 4.39 Å². The fraction of sp³-hybridized carbons (Fsp3) is 0.267. The number of carbonyl (C=O) groups excluding carboxylic acids is 1. The van der Waals surface area contributed by atoms with E-state index in [1.807, 2.05) is 36.4 Å². The van der Waals surface area contributed by atoms with E-state index >= 15 is 0 Å². The number of anilines is 2. The number of hydrogen-bond acceptors (Lipinski definition) is 5. The Morgan fingerprint density at radius 1 is 0.947 bits per heavy atom. The second-order valence-electron chi connectivity index (χ2n) is 9.85. The van der Waals surface area contributed by atoms with Crippen molar-refractivity contribution in [2.45, 2.75) is 19.4 Å². The summed E-state index contributed by atoms with van der Waals surface area (Å²) in [6.45, 7) is 2.76. The number of rotatable bonds is 11. The number of likely N-dealkylation sites (N-methyl/N-ethyl adjacent to an activating group) is 2. The summed E-state index contributed by atoms with van der Waals surface area (Å²) in [4.78, 5) is 28.4. The van der Waals surface area contributed by atoms with Crippen molar-refractivity contribution in [1.82, 2.24) is 9.80 Å². The van der Waals surface area contributed by atoms with Crippen LogP contribution in [0.15, 0.2) is 66.7 Å². The quantitative estimate of drug-likeness (QED) is 0.319. The number of nitrogens with one attached hydrogen (secondary N) is 2. The minimum atomic E-state index is -0.850. The van der Waals surface area contributed by atoms with Gasteiger partial charge in [0, 0.05) is 37.3 Å². The zero-order valence-electron chi connectivity index (χ0n) is 21.9. The van der Waals surface area contributed by atoms with Crippen LogP contribution in [0.4, 0.5) is 15.8 Å². The first-order valence-corrected chi connectivity index (χ1v) is 12.6. The minimum Gasteiger partial charge on any atom is -0.481 e. The molecule has 0 fully saturated rings. The minimum absolute atomic E-state index is 0.0452. The largest absolute Gasteiger partial charge is 0.481 e. The van der Waals surface area contributed by atoms with E-state index in [9.17, 15) is 14.0 Å². The van der Waals surface area contributed by atoms with Crippen LogP contribution in [-0.2, 0) is 22.6 Å². The lowest BCUT2D eigenvalue weighted by molar-refractivity contribution is -0.137. The molecule has 3 aromatic rings. The molecule has 38 heavy (non-hydrogen) atoms. The molecule has 0 unspecified atom stereocenters. The molecule has 7 nitrogen and oxygen atoms in total. The standard InChI is InChI=1S/C30H33FN4O3/c1-34(2)16-17-35(3)19-21-6-12-24(13-7-21)32-29(22-9-4-20(5-10-22)8-15-27(36)37)28-25-14-11-23(31)18-26(25)33-30(28)38/h4-7,9-14,18,32H,8,15-17,19H2,1-3H3,(H,33,38)(H,36,37)/b29-28-. The molecular formula is C30H33FN4O3. The van der Waals surface area contributed by atoms with Crippen LogP contribution in [0.2, 0.25) is 0 Å². The summed E-state index contributed by atoms with van der Waals surface area (Å²) in [5, 5.41) is 15.2. The fourth-order valence-corrected chi connectivity index (χ4v) is 4.36. The topological polar surface area (TPSA) is 84.9 Å². The van der Waals surface area contributed by atoms with Gasteiger partial charge in [-0.1, -0.05) is 36.4 Å². The number of carboxylic acid groups (broad SMARTS) is 1. The highest BCUT2D eigenvalue weighted by molar-refractivity contribution is 6.37. The molecule has 4 rings (SSSR count). The third-order valence-corrected chi connectivity index (χ3v) is 6.45. The van der Waals surface area contributed by atoms with E-state index in [0.29, 0.717) is 28.9 Å². The highest BCUT2D eigenvalue weighted by atomic mass is 19.1. The smallest absolute Gasteiger partial charge is 0.303 e. The van der Waals surface area contributed by atoms with Crippen molar-refractivity contribution in [3.63, 3.8) is 0 Å². The number of carboxylic acids is 1. The Balaban J connectivity index is 1.64. The Bertz CT molecular complexity index is 1330. The number of halogens is 1. The van der Waals surface area contributed by atoms with Crippen LogP contribution in [0.1, 0.15) is 28.7 Å². The number of aryl methyl sites for hydroxylation is 1. The van der Waals surface area contributed by atoms with Crippen molar-refractivity contribution < 1.29 is 19.1 Å². The molecule has 3 aromatic carbocycles. The summed E-state index contributed by atoms with van der Waals surface area (Å²) in [6, 6.07) is 19.8. The second-order valence-corrected chi connectivity index (χ2v) is 9.85. The van der Waals surface area contributed by atoms with Gasteiger partial charge < -0.3 is 25.5 Å². The number of hydrogen-bond donors (Lipinski definition) is 3. The summed E-state index contributed by atoms with van der Waals surface area (Å²) in [6.07, 6.45) is 0.464. The van der Waals surface area contributed by atoms with Gasteiger partial charge in [0.05, 0.1) is 17.0 Å². The van der Waals surface area contributed by atoms with Gasteiger partial charge in [-0.15, -0.1) is 0 Å².